The lowest BCUT2D eigenvalue weighted by molar-refractivity contribution is -0.385. The van der Waals surface area contributed by atoms with E-state index in [1.165, 1.54) is 24.3 Å². The number of nitro benzene ring substituents is 1. The Balaban J connectivity index is 2.37. The zero-order valence-electron chi connectivity index (χ0n) is 11.0. The molecule has 0 aliphatic heterocycles. The molecule has 5 nitrogen and oxygen atoms in total. The molecule has 0 aliphatic carbocycles. The summed E-state index contributed by atoms with van der Waals surface area (Å²) in [6, 6.07) is 8.25. The summed E-state index contributed by atoms with van der Waals surface area (Å²) in [5.41, 5.74) is 6.03. The molecule has 2 N–H and O–H groups in total. The molecule has 0 heterocycles. The van der Waals surface area contributed by atoms with Gasteiger partial charge in [-0.2, -0.15) is 0 Å². The molecular weight excluding hydrogens is 343 g/mol. The first kappa shape index (κ1) is 15.4. The Morgan fingerprint density at radius 3 is 2.52 bits per heavy atom. The van der Waals surface area contributed by atoms with Crippen molar-refractivity contribution >= 4 is 21.6 Å². The van der Waals surface area contributed by atoms with Crippen LogP contribution in [0.2, 0.25) is 0 Å². The smallest absolute Gasteiger partial charge is 0.312 e. The molecule has 0 saturated carbocycles. The van der Waals surface area contributed by atoms with Crippen molar-refractivity contribution < 1.29 is 14.1 Å². The zero-order chi connectivity index (χ0) is 15.6. The second-order valence-electron chi connectivity index (χ2n) is 4.45. The Hall–Kier alpha value is -1.99. The van der Waals surface area contributed by atoms with Gasteiger partial charge in [0.25, 0.3) is 0 Å². The maximum atomic E-state index is 13.9. The maximum absolute atomic E-state index is 13.9. The van der Waals surface area contributed by atoms with Crippen LogP contribution in [0.5, 0.6) is 11.5 Å². The summed E-state index contributed by atoms with van der Waals surface area (Å²) >= 11 is 3.14. The van der Waals surface area contributed by atoms with Crippen LogP contribution >= 0.6 is 15.9 Å². The third kappa shape index (κ3) is 3.56. The normalized spacial score (nSPS) is 12.0. The molecule has 0 aliphatic rings. The number of nitrogens with two attached hydrogens (primary N) is 1. The fourth-order valence-electron chi connectivity index (χ4n) is 1.72. The number of nitrogens with zero attached hydrogens (tertiary/aromatic N) is 1. The first-order chi connectivity index (χ1) is 9.88. The molecule has 2 aromatic carbocycles. The Labute approximate surface area is 128 Å². The highest BCUT2D eigenvalue weighted by Gasteiger charge is 2.18. The van der Waals surface area contributed by atoms with Gasteiger partial charge >= 0.3 is 5.69 Å². The second kappa shape index (κ2) is 6.19. The van der Waals surface area contributed by atoms with Crippen LogP contribution in [0.15, 0.2) is 40.9 Å². The lowest BCUT2D eigenvalue weighted by Gasteiger charge is -2.10. The van der Waals surface area contributed by atoms with Crippen molar-refractivity contribution in [2.45, 2.75) is 13.0 Å². The van der Waals surface area contributed by atoms with Gasteiger partial charge in [-0.1, -0.05) is 22.0 Å². The predicted octanol–water partition coefficient (Wildman–Crippen LogP) is 4.31. The minimum atomic E-state index is -0.623. The van der Waals surface area contributed by atoms with Gasteiger partial charge in [-0.3, -0.25) is 10.1 Å². The van der Waals surface area contributed by atoms with Gasteiger partial charge in [-0.25, -0.2) is 4.39 Å². The molecule has 0 fully saturated rings. The van der Waals surface area contributed by atoms with Gasteiger partial charge < -0.3 is 10.5 Å². The standard InChI is InChI=1S/C14H12BrFN2O3/c1-8(17)9-2-4-13(11(16)6-9)21-14-5-3-10(15)7-12(14)18(19)20/h2-8H,17H2,1H3/t8-/m0/s1. The minimum Gasteiger partial charge on any atom is -0.447 e. The topological polar surface area (TPSA) is 78.4 Å². The summed E-state index contributed by atoms with van der Waals surface area (Å²) in [4.78, 5) is 10.4. The second-order valence-corrected chi connectivity index (χ2v) is 5.37. The molecule has 0 aromatic heterocycles. The first-order valence-electron chi connectivity index (χ1n) is 6.05. The number of nitro groups is 1. The van der Waals surface area contributed by atoms with Crippen molar-refractivity contribution in [2.24, 2.45) is 5.73 Å². The number of benzene rings is 2. The lowest BCUT2D eigenvalue weighted by atomic mass is 10.1. The van der Waals surface area contributed by atoms with Crippen LogP contribution in [0.4, 0.5) is 10.1 Å². The number of hydrogen-bond acceptors (Lipinski definition) is 4. The van der Waals surface area contributed by atoms with Crippen LogP contribution in [0.1, 0.15) is 18.5 Å². The van der Waals surface area contributed by atoms with Crippen LogP contribution in [-0.2, 0) is 0 Å². The van der Waals surface area contributed by atoms with Crippen LogP contribution in [0, 0.1) is 15.9 Å². The molecule has 0 bridgehead atoms. The van der Waals surface area contributed by atoms with Crippen LogP contribution in [-0.4, -0.2) is 4.92 Å². The number of ether oxygens (including phenoxy) is 1. The highest BCUT2D eigenvalue weighted by atomic mass is 79.9. The average molecular weight is 355 g/mol. The van der Waals surface area contributed by atoms with Crippen molar-refractivity contribution in [2.75, 3.05) is 0 Å². The summed E-state index contributed by atoms with van der Waals surface area (Å²) in [5.74, 6) is -0.748. The predicted molar refractivity (Wildman–Crippen MR) is 79.9 cm³/mol. The molecule has 21 heavy (non-hydrogen) atoms. The highest BCUT2D eigenvalue weighted by molar-refractivity contribution is 9.10. The summed E-state index contributed by atoms with van der Waals surface area (Å²) in [6.07, 6.45) is 0. The fourth-order valence-corrected chi connectivity index (χ4v) is 2.07. The van der Waals surface area contributed by atoms with Gasteiger partial charge in [-0.15, -0.1) is 0 Å². The van der Waals surface area contributed by atoms with Gasteiger partial charge in [0.2, 0.25) is 5.75 Å². The van der Waals surface area contributed by atoms with Crippen molar-refractivity contribution in [3.05, 3.63) is 62.4 Å². The molecule has 7 heteroatoms. The van der Waals surface area contributed by atoms with E-state index in [2.05, 4.69) is 15.9 Å². The number of hydrogen-bond donors (Lipinski definition) is 1. The summed E-state index contributed by atoms with van der Waals surface area (Å²) < 4.78 is 19.8. The number of rotatable bonds is 4. The van der Waals surface area contributed by atoms with E-state index < -0.39 is 10.7 Å². The quantitative estimate of drug-likeness (QED) is 0.655. The molecule has 2 aromatic rings. The molecule has 0 spiro atoms. The molecule has 0 saturated heterocycles. The van der Waals surface area contributed by atoms with E-state index in [1.54, 1.807) is 19.1 Å². The Bertz CT molecular complexity index is 692. The van der Waals surface area contributed by atoms with E-state index in [1.807, 2.05) is 0 Å². The summed E-state index contributed by atoms with van der Waals surface area (Å²) in [7, 11) is 0. The molecule has 1 atom stereocenters. The van der Waals surface area contributed by atoms with Crippen molar-refractivity contribution in [3.8, 4) is 11.5 Å². The van der Waals surface area contributed by atoms with E-state index in [0.29, 0.717) is 10.0 Å². The van der Waals surface area contributed by atoms with Crippen molar-refractivity contribution in [3.63, 3.8) is 0 Å². The van der Waals surface area contributed by atoms with Crippen LogP contribution < -0.4 is 10.5 Å². The van der Waals surface area contributed by atoms with Crippen LogP contribution in [0.25, 0.3) is 0 Å². The van der Waals surface area contributed by atoms with Crippen molar-refractivity contribution in [1.82, 2.24) is 0 Å². The van der Waals surface area contributed by atoms with Gasteiger partial charge in [-0.05, 0) is 36.8 Å². The molecule has 0 unspecified atom stereocenters. The monoisotopic (exact) mass is 354 g/mol. The molecule has 110 valence electrons. The fraction of sp³-hybridized carbons (Fsp3) is 0.143. The van der Waals surface area contributed by atoms with Crippen LogP contribution in [0.3, 0.4) is 0 Å². The van der Waals surface area contributed by atoms with E-state index in [4.69, 9.17) is 10.5 Å². The molecular formula is C14H12BrFN2O3. The highest BCUT2D eigenvalue weighted by Crippen LogP contribution is 2.35. The third-order valence-corrected chi connectivity index (χ3v) is 3.31. The maximum Gasteiger partial charge on any atom is 0.312 e. The average Bonchev–Trinajstić information content (AvgIpc) is 2.42. The zero-order valence-corrected chi connectivity index (χ0v) is 12.6. The Kier molecular flexibility index (Phi) is 4.54. The summed E-state index contributed by atoms with van der Waals surface area (Å²) in [6.45, 7) is 1.73. The van der Waals surface area contributed by atoms with E-state index >= 15 is 0 Å². The third-order valence-electron chi connectivity index (χ3n) is 2.82. The van der Waals surface area contributed by atoms with Gasteiger partial charge in [0.05, 0.1) is 4.92 Å². The lowest BCUT2D eigenvalue weighted by Crippen LogP contribution is -2.05. The molecule has 2 rings (SSSR count). The van der Waals surface area contributed by atoms with Gasteiger partial charge in [0.1, 0.15) is 0 Å². The Morgan fingerprint density at radius 1 is 1.29 bits per heavy atom. The van der Waals surface area contributed by atoms with E-state index in [9.17, 15) is 14.5 Å². The largest absolute Gasteiger partial charge is 0.447 e. The van der Waals surface area contributed by atoms with Gasteiger partial charge in [0, 0.05) is 16.6 Å². The SMILES string of the molecule is C[C@H](N)c1ccc(Oc2ccc(Br)cc2[N+](=O)[O-])c(F)c1. The molecule has 0 amide bonds. The van der Waals surface area contributed by atoms with E-state index in [-0.39, 0.29) is 23.2 Å². The van der Waals surface area contributed by atoms with E-state index in [0.717, 1.165) is 0 Å². The number of halogens is 2. The summed E-state index contributed by atoms with van der Waals surface area (Å²) in [5, 5.41) is 11.0. The van der Waals surface area contributed by atoms with Crippen molar-refractivity contribution in [1.29, 1.82) is 0 Å². The first-order valence-corrected chi connectivity index (χ1v) is 6.84. The van der Waals surface area contributed by atoms with Gasteiger partial charge in [0.15, 0.2) is 11.6 Å². The Morgan fingerprint density at radius 2 is 1.95 bits per heavy atom. The molecule has 0 radical (unpaired) electrons. The minimum absolute atomic E-state index is 0.0318.